The Morgan fingerprint density at radius 3 is 2.60 bits per heavy atom. The van der Waals surface area contributed by atoms with Crippen LogP contribution in [-0.2, 0) is 20.9 Å². The zero-order valence-electron chi connectivity index (χ0n) is 15.7. The van der Waals surface area contributed by atoms with Gasteiger partial charge in [0.15, 0.2) is 12.4 Å². The van der Waals surface area contributed by atoms with Crippen LogP contribution in [-0.4, -0.2) is 28.6 Å². The number of hydrogen-bond acceptors (Lipinski definition) is 7. The van der Waals surface area contributed by atoms with Crippen molar-refractivity contribution in [3.05, 3.63) is 72.5 Å². The number of carbonyl (C=O) groups excluding carboxylic acids is 2. The molecule has 0 radical (unpaired) electrons. The Morgan fingerprint density at radius 2 is 1.90 bits per heavy atom. The molecule has 2 heterocycles. The van der Waals surface area contributed by atoms with Gasteiger partial charge < -0.3 is 14.9 Å². The number of halogens is 1. The van der Waals surface area contributed by atoms with Gasteiger partial charge in [-0.1, -0.05) is 18.2 Å². The molecule has 30 heavy (non-hydrogen) atoms. The lowest BCUT2D eigenvalue weighted by Gasteiger charge is -2.20. The van der Waals surface area contributed by atoms with E-state index in [1.165, 1.54) is 23.3 Å². The average Bonchev–Trinajstić information content (AvgIpc) is 3.41. The number of esters is 1. The van der Waals surface area contributed by atoms with Gasteiger partial charge in [-0.25, -0.2) is 14.2 Å². The third-order valence-electron chi connectivity index (χ3n) is 4.50. The van der Waals surface area contributed by atoms with Crippen molar-refractivity contribution in [2.45, 2.75) is 19.1 Å². The predicted molar refractivity (Wildman–Crippen MR) is 106 cm³/mol. The van der Waals surface area contributed by atoms with E-state index in [1.54, 1.807) is 36.4 Å². The molecular weight excluding hydrogens is 391 g/mol. The molecule has 4 rings (SSSR count). The first-order chi connectivity index (χ1) is 14.5. The Kier molecular flexibility index (Phi) is 5.25. The second-order valence-corrected chi connectivity index (χ2v) is 6.55. The summed E-state index contributed by atoms with van der Waals surface area (Å²) in [6.45, 7) is -0.217. The molecule has 3 aromatic rings. The number of para-hydroxylation sites is 1. The van der Waals surface area contributed by atoms with E-state index in [4.69, 9.17) is 14.9 Å². The number of nitrogens with two attached hydrogens (primary N) is 1. The first-order valence-electron chi connectivity index (χ1n) is 9.10. The molecule has 9 heteroatoms. The number of rotatable bonds is 6. The molecule has 0 aliphatic carbocycles. The molecule has 1 unspecified atom stereocenters. The number of amides is 1. The second-order valence-electron chi connectivity index (χ2n) is 6.55. The van der Waals surface area contributed by atoms with Crippen LogP contribution >= 0.6 is 0 Å². The maximum atomic E-state index is 13.0. The van der Waals surface area contributed by atoms with Gasteiger partial charge in [-0.15, -0.1) is 0 Å². The number of carbonyl (C=O) groups is 2. The molecule has 1 amide bonds. The molecular formula is C21H17FN4O4. The Hall–Kier alpha value is -4.01. The second kappa shape index (κ2) is 8.16. The van der Waals surface area contributed by atoms with Gasteiger partial charge in [0, 0.05) is 12.0 Å². The molecule has 0 saturated carbocycles. The summed E-state index contributed by atoms with van der Waals surface area (Å²) in [5.74, 6) is -1.05. The van der Waals surface area contributed by atoms with Crippen LogP contribution in [0.3, 0.4) is 0 Å². The van der Waals surface area contributed by atoms with E-state index in [-0.39, 0.29) is 30.4 Å². The van der Waals surface area contributed by atoms with Crippen molar-refractivity contribution in [2.75, 3.05) is 5.01 Å². The van der Waals surface area contributed by atoms with Gasteiger partial charge in [0.25, 0.3) is 0 Å². The first kappa shape index (κ1) is 19.3. The standard InChI is InChI=1S/C21H17FN4O4/c22-14-8-6-13(7-9-14)18-11-24-19(30-18)12-29-21(28)16-10-17(20(23)27)26(25-16)15-4-2-1-3-5-15/h1-9,11,17H,10,12H2,(H2,23,27). The van der Waals surface area contributed by atoms with Crippen LogP contribution in [0.15, 0.2) is 70.3 Å². The van der Waals surface area contributed by atoms with Crippen molar-refractivity contribution < 1.29 is 23.1 Å². The van der Waals surface area contributed by atoms with Gasteiger partial charge in [0.05, 0.1) is 11.9 Å². The first-order valence-corrected chi connectivity index (χ1v) is 9.10. The van der Waals surface area contributed by atoms with Crippen molar-refractivity contribution in [3.8, 4) is 11.3 Å². The minimum Gasteiger partial charge on any atom is -0.451 e. The number of hydrogen-bond donors (Lipinski definition) is 1. The zero-order chi connectivity index (χ0) is 21.1. The normalized spacial score (nSPS) is 15.7. The quantitative estimate of drug-likeness (QED) is 0.628. The van der Waals surface area contributed by atoms with E-state index in [2.05, 4.69) is 10.1 Å². The van der Waals surface area contributed by atoms with E-state index < -0.39 is 17.9 Å². The Balaban J connectivity index is 1.43. The van der Waals surface area contributed by atoms with Gasteiger partial charge in [0.2, 0.25) is 11.8 Å². The molecule has 0 saturated heterocycles. The molecule has 1 aliphatic rings. The van der Waals surface area contributed by atoms with E-state index in [0.717, 1.165) is 0 Å². The van der Waals surface area contributed by atoms with E-state index in [0.29, 0.717) is 17.0 Å². The minimum absolute atomic E-state index is 0.0372. The van der Waals surface area contributed by atoms with E-state index in [1.807, 2.05) is 6.07 Å². The monoisotopic (exact) mass is 408 g/mol. The van der Waals surface area contributed by atoms with Crippen LogP contribution in [0, 0.1) is 5.82 Å². The Labute approximate surface area is 170 Å². The van der Waals surface area contributed by atoms with Crippen LogP contribution in [0.5, 0.6) is 0 Å². The summed E-state index contributed by atoms with van der Waals surface area (Å²) in [6.07, 6.45) is 1.50. The lowest BCUT2D eigenvalue weighted by Crippen LogP contribution is -2.39. The van der Waals surface area contributed by atoms with Crippen LogP contribution in [0.1, 0.15) is 12.3 Å². The van der Waals surface area contributed by atoms with Crippen molar-refractivity contribution in [1.82, 2.24) is 4.98 Å². The van der Waals surface area contributed by atoms with Crippen LogP contribution in [0.2, 0.25) is 0 Å². The smallest absolute Gasteiger partial charge is 0.355 e. The number of ether oxygens (including phenoxy) is 1. The predicted octanol–water partition coefficient (Wildman–Crippen LogP) is 2.64. The SMILES string of the molecule is NC(=O)C1CC(C(=O)OCc2ncc(-c3ccc(F)cc3)o2)=NN1c1ccccc1. The summed E-state index contributed by atoms with van der Waals surface area (Å²) in [4.78, 5) is 28.3. The number of primary amides is 1. The number of benzene rings is 2. The Morgan fingerprint density at radius 1 is 1.17 bits per heavy atom. The summed E-state index contributed by atoms with van der Waals surface area (Å²) in [6, 6.07) is 13.9. The molecule has 0 bridgehead atoms. The average molecular weight is 408 g/mol. The minimum atomic E-state index is -0.776. The van der Waals surface area contributed by atoms with Crippen LogP contribution in [0.25, 0.3) is 11.3 Å². The fraction of sp³-hybridized carbons (Fsp3) is 0.143. The third kappa shape index (κ3) is 4.04. The maximum absolute atomic E-state index is 13.0. The number of aromatic nitrogens is 1. The molecule has 2 aromatic carbocycles. The zero-order valence-corrected chi connectivity index (χ0v) is 15.7. The highest BCUT2D eigenvalue weighted by molar-refractivity contribution is 6.38. The van der Waals surface area contributed by atoms with Gasteiger partial charge in [-0.2, -0.15) is 5.10 Å². The fourth-order valence-electron chi connectivity index (χ4n) is 3.01. The number of oxazole rings is 1. The largest absolute Gasteiger partial charge is 0.451 e. The lowest BCUT2D eigenvalue weighted by atomic mass is 10.1. The van der Waals surface area contributed by atoms with Crippen molar-refractivity contribution in [2.24, 2.45) is 10.8 Å². The molecule has 8 nitrogen and oxygen atoms in total. The van der Waals surface area contributed by atoms with Gasteiger partial charge in [-0.05, 0) is 36.4 Å². The van der Waals surface area contributed by atoms with E-state index >= 15 is 0 Å². The van der Waals surface area contributed by atoms with Gasteiger partial charge in [0.1, 0.15) is 17.6 Å². The summed E-state index contributed by atoms with van der Waals surface area (Å²) in [5, 5.41) is 5.64. The van der Waals surface area contributed by atoms with Crippen molar-refractivity contribution in [1.29, 1.82) is 0 Å². The molecule has 152 valence electrons. The highest BCUT2D eigenvalue weighted by atomic mass is 19.1. The summed E-state index contributed by atoms with van der Waals surface area (Å²) < 4.78 is 23.8. The topological polar surface area (TPSA) is 111 Å². The fourth-order valence-corrected chi connectivity index (χ4v) is 3.01. The molecule has 2 N–H and O–H groups in total. The van der Waals surface area contributed by atoms with Crippen LogP contribution < -0.4 is 10.7 Å². The number of hydrazone groups is 1. The molecule has 0 fully saturated rings. The molecule has 0 spiro atoms. The maximum Gasteiger partial charge on any atom is 0.355 e. The van der Waals surface area contributed by atoms with Crippen molar-refractivity contribution >= 4 is 23.3 Å². The van der Waals surface area contributed by atoms with Gasteiger partial charge >= 0.3 is 5.97 Å². The molecule has 1 aromatic heterocycles. The summed E-state index contributed by atoms with van der Waals surface area (Å²) in [5.41, 5.74) is 6.83. The van der Waals surface area contributed by atoms with E-state index in [9.17, 15) is 14.0 Å². The lowest BCUT2D eigenvalue weighted by molar-refractivity contribution is -0.137. The van der Waals surface area contributed by atoms with Crippen LogP contribution in [0.4, 0.5) is 10.1 Å². The number of nitrogens with zero attached hydrogens (tertiary/aromatic N) is 3. The number of anilines is 1. The third-order valence-corrected chi connectivity index (χ3v) is 4.50. The summed E-state index contributed by atoms with van der Waals surface area (Å²) in [7, 11) is 0. The Bertz CT molecular complexity index is 1100. The van der Waals surface area contributed by atoms with Gasteiger partial charge in [-0.3, -0.25) is 9.80 Å². The highest BCUT2D eigenvalue weighted by Crippen LogP contribution is 2.25. The summed E-state index contributed by atoms with van der Waals surface area (Å²) >= 11 is 0. The highest BCUT2D eigenvalue weighted by Gasteiger charge is 2.35. The molecule has 1 atom stereocenters. The molecule has 1 aliphatic heterocycles. The van der Waals surface area contributed by atoms with Crippen molar-refractivity contribution in [3.63, 3.8) is 0 Å².